The molecule has 32 heavy (non-hydrogen) atoms. The minimum absolute atomic E-state index is 0. The maximum absolute atomic E-state index is 12.0. The number of ether oxygens (including phenoxy) is 3. The van der Waals surface area contributed by atoms with E-state index in [0.29, 0.717) is 35.8 Å². The number of hydrogen-bond acceptors (Lipinski definition) is 7. The van der Waals surface area contributed by atoms with Crippen molar-refractivity contribution >= 4 is 40.5 Å². The average Bonchev–Trinajstić information content (AvgIpc) is 2.79. The van der Waals surface area contributed by atoms with Crippen molar-refractivity contribution in [2.45, 2.75) is 6.61 Å². The number of nitrogens with one attached hydrogen (secondary N) is 1. The largest absolute Gasteiger partial charge is 0.493 e. The van der Waals surface area contributed by atoms with Gasteiger partial charge in [0.05, 0.1) is 44.7 Å². The standard InChI is InChI=1S/C22H23BrN4O4.ClH/c1-29-20-10-18(13-25-26-22(28)14-27-6-8-30-9-7-27)19(23)11-21(20)31-15-17-5-3-2-4-16(17)12-24;/h2-5,10-11,13H,6-9,14-15H2,1H3,(H,26,28);1H/b25-13+;. The van der Waals surface area contributed by atoms with Crippen LogP contribution in [-0.2, 0) is 16.1 Å². The highest BCUT2D eigenvalue weighted by molar-refractivity contribution is 9.10. The topological polar surface area (TPSA) is 96.2 Å². The molecule has 1 aliphatic rings. The summed E-state index contributed by atoms with van der Waals surface area (Å²) in [5.41, 5.74) is 4.61. The maximum Gasteiger partial charge on any atom is 0.254 e. The second kappa shape index (κ2) is 13.0. The van der Waals surface area contributed by atoms with Gasteiger partial charge in [-0.2, -0.15) is 10.4 Å². The molecule has 1 saturated heterocycles. The lowest BCUT2D eigenvalue weighted by molar-refractivity contribution is -0.123. The second-order valence-corrected chi connectivity index (χ2v) is 7.62. The van der Waals surface area contributed by atoms with Crippen molar-refractivity contribution in [1.82, 2.24) is 10.3 Å². The first-order valence-electron chi connectivity index (χ1n) is 9.71. The van der Waals surface area contributed by atoms with E-state index in [1.54, 1.807) is 31.5 Å². The lowest BCUT2D eigenvalue weighted by Crippen LogP contribution is -2.42. The molecule has 0 saturated carbocycles. The van der Waals surface area contributed by atoms with Gasteiger partial charge in [-0.15, -0.1) is 12.4 Å². The molecule has 2 aromatic rings. The Hall–Kier alpha value is -2.64. The van der Waals surface area contributed by atoms with Gasteiger partial charge >= 0.3 is 0 Å². The summed E-state index contributed by atoms with van der Waals surface area (Å²) in [7, 11) is 1.55. The van der Waals surface area contributed by atoms with Crippen LogP contribution in [0.15, 0.2) is 46.0 Å². The molecule has 1 fully saturated rings. The van der Waals surface area contributed by atoms with Crippen LogP contribution in [0.2, 0.25) is 0 Å². The van der Waals surface area contributed by atoms with Gasteiger partial charge in [-0.05, 0) is 34.1 Å². The number of benzene rings is 2. The van der Waals surface area contributed by atoms with Gasteiger partial charge in [0.1, 0.15) is 6.61 Å². The zero-order valence-corrected chi connectivity index (χ0v) is 19.9. The number of methoxy groups -OCH3 is 1. The highest BCUT2D eigenvalue weighted by Crippen LogP contribution is 2.33. The molecule has 0 bridgehead atoms. The number of rotatable bonds is 8. The normalized spacial score (nSPS) is 13.8. The van der Waals surface area contributed by atoms with Crippen molar-refractivity contribution in [3.05, 3.63) is 57.6 Å². The Morgan fingerprint density at radius 2 is 2.06 bits per heavy atom. The molecule has 3 rings (SSSR count). The van der Waals surface area contributed by atoms with Crippen LogP contribution >= 0.6 is 28.3 Å². The number of morpholine rings is 1. The summed E-state index contributed by atoms with van der Waals surface area (Å²) in [6.07, 6.45) is 1.54. The van der Waals surface area contributed by atoms with E-state index in [9.17, 15) is 10.1 Å². The summed E-state index contributed by atoms with van der Waals surface area (Å²) in [4.78, 5) is 14.1. The van der Waals surface area contributed by atoms with Crippen LogP contribution < -0.4 is 14.9 Å². The Morgan fingerprint density at radius 1 is 1.31 bits per heavy atom. The van der Waals surface area contributed by atoms with E-state index < -0.39 is 0 Å². The molecular formula is C22H24BrClN4O4. The maximum atomic E-state index is 12.0. The van der Waals surface area contributed by atoms with Gasteiger partial charge in [0, 0.05) is 28.7 Å². The van der Waals surface area contributed by atoms with E-state index in [0.717, 1.165) is 23.1 Å². The fourth-order valence-corrected chi connectivity index (χ4v) is 3.43. The Labute approximate surface area is 201 Å². The highest BCUT2D eigenvalue weighted by Gasteiger charge is 2.14. The molecule has 0 aromatic heterocycles. The summed E-state index contributed by atoms with van der Waals surface area (Å²) in [6, 6.07) is 13.0. The van der Waals surface area contributed by atoms with Crippen molar-refractivity contribution in [2.24, 2.45) is 5.10 Å². The third kappa shape index (κ3) is 7.21. The number of nitriles is 1. The predicted octanol–water partition coefficient (Wildman–Crippen LogP) is 3.11. The van der Waals surface area contributed by atoms with E-state index >= 15 is 0 Å². The first-order chi connectivity index (χ1) is 15.1. The molecule has 1 amide bonds. The Morgan fingerprint density at radius 3 is 2.78 bits per heavy atom. The van der Waals surface area contributed by atoms with Gasteiger partial charge < -0.3 is 14.2 Å². The van der Waals surface area contributed by atoms with E-state index in [4.69, 9.17) is 14.2 Å². The molecule has 2 aromatic carbocycles. The summed E-state index contributed by atoms with van der Waals surface area (Å²) >= 11 is 3.50. The Kier molecular flexibility index (Phi) is 10.4. The molecule has 1 aliphatic heterocycles. The van der Waals surface area contributed by atoms with E-state index in [2.05, 4.69) is 32.5 Å². The van der Waals surface area contributed by atoms with Crippen LogP contribution in [0.4, 0.5) is 0 Å². The minimum atomic E-state index is -0.183. The lowest BCUT2D eigenvalue weighted by atomic mass is 10.1. The SMILES string of the molecule is COc1cc(/C=N/NC(=O)CN2CCOCC2)c(Br)cc1OCc1ccccc1C#N.Cl. The first-order valence-corrected chi connectivity index (χ1v) is 10.5. The lowest BCUT2D eigenvalue weighted by Gasteiger charge is -2.25. The third-order valence-electron chi connectivity index (χ3n) is 4.67. The molecular weight excluding hydrogens is 500 g/mol. The molecule has 1 heterocycles. The molecule has 0 unspecified atom stereocenters. The molecule has 0 spiro atoms. The monoisotopic (exact) mass is 522 g/mol. The predicted molar refractivity (Wildman–Crippen MR) is 126 cm³/mol. The minimum Gasteiger partial charge on any atom is -0.493 e. The van der Waals surface area contributed by atoms with Gasteiger partial charge in [0.15, 0.2) is 11.5 Å². The van der Waals surface area contributed by atoms with Crippen LogP contribution in [0, 0.1) is 11.3 Å². The number of hydrogen-bond donors (Lipinski definition) is 1. The van der Waals surface area contributed by atoms with Crippen LogP contribution in [0.5, 0.6) is 11.5 Å². The number of carbonyl (C=O) groups is 1. The smallest absolute Gasteiger partial charge is 0.254 e. The molecule has 0 radical (unpaired) electrons. The highest BCUT2D eigenvalue weighted by atomic mass is 79.9. The zero-order valence-electron chi connectivity index (χ0n) is 17.5. The summed E-state index contributed by atoms with van der Waals surface area (Å²) in [5.74, 6) is 0.853. The summed E-state index contributed by atoms with van der Waals surface area (Å²) < 4.78 is 17.3. The summed E-state index contributed by atoms with van der Waals surface area (Å²) in [6.45, 7) is 3.26. The van der Waals surface area contributed by atoms with Gasteiger partial charge in [0.2, 0.25) is 0 Å². The van der Waals surface area contributed by atoms with Crippen molar-refractivity contribution in [3.8, 4) is 17.6 Å². The second-order valence-electron chi connectivity index (χ2n) is 6.76. The zero-order chi connectivity index (χ0) is 22.1. The molecule has 170 valence electrons. The average molecular weight is 524 g/mol. The van der Waals surface area contributed by atoms with Crippen LogP contribution in [0.1, 0.15) is 16.7 Å². The fraction of sp³-hybridized carbons (Fsp3) is 0.318. The number of amides is 1. The van der Waals surface area contributed by atoms with Gasteiger partial charge in [0.25, 0.3) is 5.91 Å². The summed E-state index contributed by atoms with van der Waals surface area (Å²) in [5, 5.41) is 13.3. The van der Waals surface area contributed by atoms with Crippen molar-refractivity contribution < 1.29 is 19.0 Å². The van der Waals surface area contributed by atoms with Crippen LogP contribution in [-0.4, -0.2) is 57.0 Å². The molecule has 10 heteroatoms. The van der Waals surface area contributed by atoms with Crippen molar-refractivity contribution in [3.63, 3.8) is 0 Å². The third-order valence-corrected chi connectivity index (χ3v) is 5.35. The molecule has 8 nitrogen and oxygen atoms in total. The Bertz CT molecular complexity index is 990. The fourth-order valence-electron chi connectivity index (χ4n) is 3.00. The first kappa shape index (κ1) is 25.6. The quantitative estimate of drug-likeness (QED) is 0.422. The van der Waals surface area contributed by atoms with Crippen molar-refractivity contribution in [2.75, 3.05) is 40.0 Å². The van der Waals surface area contributed by atoms with Crippen molar-refractivity contribution in [1.29, 1.82) is 5.26 Å². The molecule has 0 atom stereocenters. The number of carbonyl (C=O) groups excluding carboxylic acids is 1. The molecule has 1 N–H and O–H groups in total. The Balaban J connectivity index is 0.00000363. The van der Waals surface area contributed by atoms with Gasteiger partial charge in [-0.3, -0.25) is 9.69 Å². The van der Waals surface area contributed by atoms with Gasteiger partial charge in [-0.25, -0.2) is 5.43 Å². The number of hydrazone groups is 1. The van der Waals surface area contributed by atoms with E-state index in [-0.39, 0.29) is 31.5 Å². The van der Waals surface area contributed by atoms with Crippen LogP contribution in [0.3, 0.4) is 0 Å². The number of halogens is 2. The van der Waals surface area contributed by atoms with Crippen LogP contribution in [0.25, 0.3) is 0 Å². The van der Waals surface area contributed by atoms with E-state index in [1.165, 1.54) is 0 Å². The van der Waals surface area contributed by atoms with E-state index in [1.807, 2.05) is 23.1 Å². The molecule has 0 aliphatic carbocycles. The van der Waals surface area contributed by atoms with Gasteiger partial charge in [-0.1, -0.05) is 18.2 Å². The number of nitrogens with zero attached hydrogens (tertiary/aromatic N) is 3.